The minimum absolute atomic E-state index is 0.237. The van der Waals surface area contributed by atoms with Gasteiger partial charge in [0.25, 0.3) is 5.91 Å². The van der Waals surface area contributed by atoms with Crippen molar-refractivity contribution < 1.29 is 4.79 Å². The molecule has 0 aliphatic carbocycles. The number of benzene rings is 3. The largest absolute Gasteiger partial charge is 0.332 e. The van der Waals surface area contributed by atoms with Crippen LogP contribution in [0.5, 0.6) is 0 Å². The summed E-state index contributed by atoms with van der Waals surface area (Å²) < 4.78 is 0. The van der Waals surface area contributed by atoms with Crippen LogP contribution in [0.1, 0.15) is 21.5 Å². The number of amides is 1. The Morgan fingerprint density at radius 2 is 1.53 bits per heavy atom. The van der Waals surface area contributed by atoms with Crippen LogP contribution in [0.25, 0.3) is 10.8 Å². The second kappa shape index (κ2) is 9.03. The summed E-state index contributed by atoms with van der Waals surface area (Å²) in [5.41, 5.74) is 3.70. The highest BCUT2D eigenvalue weighted by Gasteiger charge is 2.12. The van der Waals surface area contributed by atoms with Crippen molar-refractivity contribution in [3.63, 3.8) is 0 Å². The molecule has 1 aromatic heterocycles. The van der Waals surface area contributed by atoms with E-state index in [0.29, 0.717) is 10.6 Å². The van der Waals surface area contributed by atoms with Crippen molar-refractivity contribution in [1.29, 1.82) is 0 Å². The highest BCUT2D eigenvalue weighted by molar-refractivity contribution is 7.80. The van der Waals surface area contributed by atoms with E-state index in [1.165, 1.54) is 11.1 Å². The van der Waals surface area contributed by atoms with Gasteiger partial charge in [0.05, 0.1) is 0 Å². The van der Waals surface area contributed by atoms with E-state index in [1.807, 2.05) is 54.6 Å². The molecule has 0 spiro atoms. The van der Waals surface area contributed by atoms with Gasteiger partial charge in [-0.2, -0.15) is 0 Å². The van der Waals surface area contributed by atoms with Gasteiger partial charge in [-0.3, -0.25) is 15.1 Å². The molecule has 1 heterocycles. The maximum Gasteiger partial charge on any atom is 0.258 e. The van der Waals surface area contributed by atoms with Gasteiger partial charge in [0.15, 0.2) is 5.11 Å². The molecule has 148 valence electrons. The summed E-state index contributed by atoms with van der Waals surface area (Å²) in [5.74, 6) is -0.283. The zero-order chi connectivity index (χ0) is 20.9. The Balaban J connectivity index is 1.41. The van der Waals surface area contributed by atoms with Crippen LogP contribution in [0.4, 0.5) is 5.69 Å². The van der Waals surface area contributed by atoms with E-state index in [2.05, 4.69) is 15.6 Å². The molecule has 0 saturated carbocycles. The summed E-state index contributed by atoms with van der Waals surface area (Å²) >= 11 is 11.6. The SMILES string of the molecule is O=C(NC(=S)Nc1ccc(Cc2ccncc2)cc1)c1cccc2c(Cl)cccc12. The highest BCUT2D eigenvalue weighted by atomic mass is 35.5. The Kier molecular flexibility index (Phi) is 6.02. The molecular weight excluding hydrogens is 414 g/mol. The number of fused-ring (bicyclic) bond motifs is 1. The predicted octanol–water partition coefficient (Wildman–Crippen LogP) is 5.61. The van der Waals surface area contributed by atoms with E-state index in [4.69, 9.17) is 23.8 Å². The number of aromatic nitrogens is 1. The number of carbonyl (C=O) groups excluding carboxylic acids is 1. The monoisotopic (exact) mass is 431 g/mol. The van der Waals surface area contributed by atoms with E-state index >= 15 is 0 Å². The lowest BCUT2D eigenvalue weighted by atomic mass is 10.0. The molecule has 30 heavy (non-hydrogen) atoms. The summed E-state index contributed by atoms with van der Waals surface area (Å²) in [7, 11) is 0. The van der Waals surface area contributed by atoms with Crippen LogP contribution < -0.4 is 10.6 Å². The summed E-state index contributed by atoms with van der Waals surface area (Å²) in [6.45, 7) is 0. The fourth-order valence-corrected chi connectivity index (χ4v) is 3.69. The number of anilines is 1. The lowest BCUT2D eigenvalue weighted by Crippen LogP contribution is -2.34. The topological polar surface area (TPSA) is 54.0 Å². The maximum atomic E-state index is 12.7. The summed E-state index contributed by atoms with van der Waals surface area (Å²) in [4.78, 5) is 16.8. The van der Waals surface area contributed by atoms with Gasteiger partial charge in [0.2, 0.25) is 0 Å². The van der Waals surface area contributed by atoms with Gasteiger partial charge in [0, 0.05) is 34.1 Å². The molecule has 0 aliphatic rings. The Hall–Kier alpha value is -3.28. The second-order valence-electron chi connectivity index (χ2n) is 6.78. The van der Waals surface area contributed by atoms with Gasteiger partial charge in [-0.15, -0.1) is 0 Å². The third-order valence-electron chi connectivity index (χ3n) is 4.71. The number of hydrogen-bond acceptors (Lipinski definition) is 3. The third-order valence-corrected chi connectivity index (χ3v) is 5.24. The van der Waals surface area contributed by atoms with Gasteiger partial charge in [-0.05, 0) is 71.6 Å². The minimum atomic E-state index is -0.283. The number of nitrogens with one attached hydrogen (secondary N) is 2. The van der Waals surface area contributed by atoms with Crippen molar-refractivity contribution in [3.8, 4) is 0 Å². The molecule has 0 fully saturated rings. The molecule has 3 aromatic carbocycles. The van der Waals surface area contributed by atoms with Crippen molar-refractivity contribution in [2.75, 3.05) is 5.32 Å². The molecule has 0 unspecified atom stereocenters. The van der Waals surface area contributed by atoms with Crippen molar-refractivity contribution in [3.05, 3.63) is 107 Å². The van der Waals surface area contributed by atoms with Crippen LogP contribution in [-0.2, 0) is 6.42 Å². The highest BCUT2D eigenvalue weighted by Crippen LogP contribution is 2.26. The lowest BCUT2D eigenvalue weighted by molar-refractivity contribution is 0.0979. The molecular formula is C24H18ClN3OS. The first-order valence-corrected chi connectivity index (χ1v) is 10.2. The second-order valence-corrected chi connectivity index (χ2v) is 7.59. The molecule has 0 saturated heterocycles. The van der Waals surface area contributed by atoms with Gasteiger partial charge in [-0.1, -0.05) is 48.0 Å². The Morgan fingerprint density at radius 1 is 0.867 bits per heavy atom. The van der Waals surface area contributed by atoms with Gasteiger partial charge in [0.1, 0.15) is 0 Å². The molecule has 6 heteroatoms. The summed E-state index contributed by atoms with van der Waals surface area (Å²) in [6, 6.07) is 22.9. The van der Waals surface area contributed by atoms with Gasteiger partial charge < -0.3 is 5.32 Å². The van der Waals surface area contributed by atoms with Crippen LogP contribution in [0.3, 0.4) is 0 Å². The van der Waals surface area contributed by atoms with Crippen molar-refractivity contribution >= 4 is 51.3 Å². The fraction of sp³-hybridized carbons (Fsp3) is 0.0417. The summed E-state index contributed by atoms with van der Waals surface area (Å²) in [5, 5.41) is 8.25. The number of rotatable bonds is 4. The standard InChI is InChI=1S/C24H18ClN3OS/c25-22-6-2-3-19-20(22)4-1-5-21(19)23(29)28-24(30)27-18-9-7-16(8-10-18)15-17-11-13-26-14-12-17/h1-14H,15H2,(H2,27,28,29,30). The van der Waals surface area contributed by atoms with Gasteiger partial charge >= 0.3 is 0 Å². The number of hydrogen-bond donors (Lipinski definition) is 2. The zero-order valence-electron chi connectivity index (χ0n) is 15.9. The third kappa shape index (κ3) is 4.64. The van der Waals surface area contributed by atoms with Crippen molar-refractivity contribution in [2.24, 2.45) is 0 Å². The smallest absolute Gasteiger partial charge is 0.258 e. The fourth-order valence-electron chi connectivity index (χ4n) is 3.24. The average Bonchev–Trinajstić information content (AvgIpc) is 2.76. The number of carbonyl (C=O) groups is 1. The van der Waals surface area contributed by atoms with Gasteiger partial charge in [-0.25, -0.2) is 0 Å². The number of pyridine rings is 1. The first-order chi connectivity index (χ1) is 14.6. The zero-order valence-corrected chi connectivity index (χ0v) is 17.5. The summed E-state index contributed by atoms with van der Waals surface area (Å²) in [6.07, 6.45) is 4.40. The van der Waals surface area contributed by atoms with E-state index in [9.17, 15) is 4.79 Å². The lowest BCUT2D eigenvalue weighted by Gasteiger charge is -2.12. The number of thiocarbonyl (C=S) groups is 1. The quantitative estimate of drug-likeness (QED) is 0.412. The molecule has 4 aromatic rings. The van der Waals surface area contributed by atoms with E-state index < -0.39 is 0 Å². The number of nitrogens with zero attached hydrogens (tertiary/aromatic N) is 1. The van der Waals surface area contributed by atoms with Crippen LogP contribution in [-0.4, -0.2) is 16.0 Å². The first kappa shape index (κ1) is 20.0. The first-order valence-electron chi connectivity index (χ1n) is 9.37. The number of halogens is 1. The van der Waals surface area contributed by atoms with Crippen molar-refractivity contribution in [1.82, 2.24) is 10.3 Å². The van der Waals surface area contributed by atoms with Crippen molar-refractivity contribution in [2.45, 2.75) is 6.42 Å². The Labute approximate surface area is 184 Å². The molecule has 1 amide bonds. The maximum absolute atomic E-state index is 12.7. The van der Waals surface area contributed by atoms with Crippen LogP contribution in [0, 0.1) is 0 Å². The van der Waals surface area contributed by atoms with E-state index in [1.54, 1.807) is 30.6 Å². The molecule has 0 radical (unpaired) electrons. The average molecular weight is 432 g/mol. The molecule has 0 atom stereocenters. The molecule has 4 rings (SSSR count). The molecule has 0 aliphatic heterocycles. The van der Waals surface area contributed by atoms with Crippen LogP contribution in [0.2, 0.25) is 5.02 Å². The van der Waals surface area contributed by atoms with E-state index in [0.717, 1.165) is 22.9 Å². The van der Waals surface area contributed by atoms with E-state index in [-0.39, 0.29) is 11.0 Å². The van der Waals surface area contributed by atoms with Crippen LogP contribution in [0.15, 0.2) is 85.2 Å². The molecule has 2 N–H and O–H groups in total. The molecule has 0 bridgehead atoms. The normalized spacial score (nSPS) is 10.6. The Bertz CT molecular complexity index is 1210. The molecule has 4 nitrogen and oxygen atoms in total. The minimum Gasteiger partial charge on any atom is -0.332 e. The predicted molar refractivity (Wildman–Crippen MR) is 126 cm³/mol. The Morgan fingerprint density at radius 3 is 2.30 bits per heavy atom. The van der Waals surface area contributed by atoms with Crippen LogP contribution >= 0.6 is 23.8 Å².